The molecule has 0 bridgehead atoms. The Morgan fingerprint density at radius 3 is 1.67 bits per heavy atom. The third-order valence-electron chi connectivity index (χ3n) is 6.82. The number of nitrogens with zero attached hydrogens (tertiary/aromatic N) is 1. The molecule has 0 unspecified atom stereocenters. The number of para-hydroxylation sites is 2. The van der Waals surface area contributed by atoms with Gasteiger partial charge in [-0.2, -0.15) is 0 Å². The van der Waals surface area contributed by atoms with E-state index in [4.69, 9.17) is 4.42 Å². The Balaban J connectivity index is 1.62. The zero-order valence-corrected chi connectivity index (χ0v) is 19.6. The first-order chi connectivity index (χ1) is 17.9. The Morgan fingerprint density at radius 1 is 0.472 bits per heavy atom. The molecule has 0 saturated carbocycles. The second-order valence-corrected chi connectivity index (χ2v) is 9.01. The molecule has 0 aliphatic heterocycles. The first-order valence-electron chi connectivity index (χ1n) is 12.2. The van der Waals surface area contributed by atoms with Gasteiger partial charge in [-0.1, -0.05) is 97.1 Å². The monoisotopic (exact) mass is 461 g/mol. The molecule has 0 atom stereocenters. The Kier molecular flexibility index (Phi) is 4.82. The summed E-state index contributed by atoms with van der Waals surface area (Å²) < 4.78 is 6.74. The van der Waals surface area contributed by atoms with Gasteiger partial charge in [0.05, 0.1) is 5.69 Å². The van der Waals surface area contributed by atoms with Crippen molar-refractivity contribution in [3.8, 4) is 11.1 Å². The molecule has 2 nitrogen and oxygen atoms in total. The fourth-order valence-corrected chi connectivity index (χ4v) is 5.14. The van der Waals surface area contributed by atoms with Crippen molar-refractivity contribution < 1.29 is 4.42 Å². The van der Waals surface area contributed by atoms with Gasteiger partial charge in [0.1, 0.15) is 5.58 Å². The van der Waals surface area contributed by atoms with Crippen LogP contribution in [0.3, 0.4) is 0 Å². The van der Waals surface area contributed by atoms with Gasteiger partial charge in [0.25, 0.3) is 0 Å². The molecule has 0 saturated heterocycles. The molecule has 0 aliphatic rings. The van der Waals surface area contributed by atoms with Crippen LogP contribution in [0.5, 0.6) is 0 Å². The number of fused-ring (bicyclic) bond motifs is 4. The van der Waals surface area contributed by atoms with E-state index in [9.17, 15) is 0 Å². The lowest BCUT2D eigenvalue weighted by Gasteiger charge is -2.27. The zero-order valence-electron chi connectivity index (χ0n) is 19.6. The summed E-state index contributed by atoms with van der Waals surface area (Å²) in [6, 6.07) is 48.9. The molecule has 0 aliphatic carbocycles. The Labute approximate surface area is 209 Å². The normalized spacial score (nSPS) is 11.3. The molecule has 1 heterocycles. The van der Waals surface area contributed by atoms with Gasteiger partial charge in [-0.25, -0.2) is 0 Å². The van der Waals surface area contributed by atoms with E-state index in [0.29, 0.717) is 0 Å². The Bertz CT molecular complexity index is 1780. The minimum atomic E-state index is 0.884. The number of benzene rings is 6. The predicted molar refractivity (Wildman–Crippen MR) is 151 cm³/mol. The summed E-state index contributed by atoms with van der Waals surface area (Å²) in [4.78, 5) is 2.31. The fraction of sp³-hybridized carbons (Fsp3) is 0. The Morgan fingerprint density at radius 2 is 1.03 bits per heavy atom. The molecule has 2 heteroatoms. The minimum absolute atomic E-state index is 0.884. The highest BCUT2D eigenvalue weighted by molar-refractivity contribution is 6.16. The van der Waals surface area contributed by atoms with Crippen LogP contribution in [0, 0.1) is 0 Å². The van der Waals surface area contributed by atoms with Gasteiger partial charge in [0.15, 0.2) is 5.58 Å². The SMILES string of the molecule is c1ccc(-c2ccc3c(oc4cc5ccccc5cc43)c2N(c2ccccc2)c2ccccc2)cc1. The molecule has 7 rings (SSSR count). The molecule has 0 N–H and O–H groups in total. The average Bonchev–Trinajstić information content (AvgIpc) is 3.31. The van der Waals surface area contributed by atoms with Gasteiger partial charge < -0.3 is 9.32 Å². The lowest BCUT2D eigenvalue weighted by Crippen LogP contribution is -2.11. The summed E-state index contributed by atoms with van der Waals surface area (Å²) in [6.07, 6.45) is 0. The van der Waals surface area contributed by atoms with Crippen LogP contribution in [0.1, 0.15) is 0 Å². The van der Waals surface area contributed by atoms with E-state index in [2.05, 4.69) is 144 Å². The van der Waals surface area contributed by atoms with E-state index in [-0.39, 0.29) is 0 Å². The second-order valence-electron chi connectivity index (χ2n) is 9.01. The van der Waals surface area contributed by atoms with Crippen molar-refractivity contribution in [3.63, 3.8) is 0 Å². The van der Waals surface area contributed by atoms with E-state index in [0.717, 1.165) is 50.1 Å². The minimum Gasteiger partial charge on any atom is -0.454 e. The van der Waals surface area contributed by atoms with Crippen molar-refractivity contribution in [1.82, 2.24) is 0 Å². The van der Waals surface area contributed by atoms with Crippen LogP contribution in [0.2, 0.25) is 0 Å². The highest BCUT2D eigenvalue weighted by atomic mass is 16.3. The molecule has 1 aromatic heterocycles. The molecule has 0 amide bonds. The summed E-state index contributed by atoms with van der Waals surface area (Å²) >= 11 is 0. The highest BCUT2D eigenvalue weighted by Crippen LogP contribution is 2.47. The summed E-state index contributed by atoms with van der Waals surface area (Å²) in [7, 11) is 0. The van der Waals surface area contributed by atoms with E-state index in [1.165, 1.54) is 10.8 Å². The van der Waals surface area contributed by atoms with Gasteiger partial charge in [0, 0.05) is 27.7 Å². The second kappa shape index (κ2) is 8.44. The van der Waals surface area contributed by atoms with Crippen molar-refractivity contribution in [3.05, 3.63) is 140 Å². The van der Waals surface area contributed by atoms with E-state index in [1.54, 1.807) is 0 Å². The van der Waals surface area contributed by atoms with Crippen LogP contribution in [-0.4, -0.2) is 0 Å². The maximum absolute atomic E-state index is 6.74. The molecule has 0 spiro atoms. The summed E-state index contributed by atoms with van der Waals surface area (Å²) in [5, 5.41) is 4.63. The van der Waals surface area contributed by atoms with Crippen LogP contribution in [0.25, 0.3) is 43.8 Å². The number of anilines is 3. The highest BCUT2D eigenvalue weighted by Gasteiger charge is 2.23. The topological polar surface area (TPSA) is 16.4 Å². The average molecular weight is 462 g/mol. The van der Waals surface area contributed by atoms with Gasteiger partial charge in [-0.3, -0.25) is 0 Å². The third kappa shape index (κ3) is 3.35. The standard InChI is InChI=1S/C34H23NO/c1-4-12-24(13-5-1)29-20-21-30-31-22-25-14-10-11-15-26(25)23-32(31)36-34(30)33(29)35(27-16-6-2-7-17-27)28-18-8-3-9-19-28/h1-23H. The van der Waals surface area contributed by atoms with E-state index in [1.807, 2.05) is 0 Å². The lowest BCUT2D eigenvalue weighted by molar-refractivity contribution is 0.670. The Hall–Kier alpha value is -4.82. The first-order valence-corrected chi connectivity index (χ1v) is 12.2. The molecule has 36 heavy (non-hydrogen) atoms. The number of hydrogen-bond donors (Lipinski definition) is 0. The molecule has 170 valence electrons. The van der Waals surface area contributed by atoms with Gasteiger partial charge in [-0.15, -0.1) is 0 Å². The van der Waals surface area contributed by atoms with Crippen LogP contribution >= 0.6 is 0 Å². The van der Waals surface area contributed by atoms with Gasteiger partial charge in [-0.05, 0) is 58.8 Å². The first kappa shape index (κ1) is 20.5. The predicted octanol–water partition coefficient (Wildman–Crippen LogP) is 9.88. The van der Waals surface area contributed by atoms with Crippen molar-refractivity contribution in [2.75, 3.05) is 4.90 Å². The summed E-state index contributed by atoms with van der Waals surface area (Å²) in [5.41, 5.74) is 7.26. The number of hydrogen-bond acceptors (Lipinski definition) is 2. The summed E-state index contributed by atoms with van der Waals surface area (Å²) in [6.45, 7) is 0. The largest absolute Gasteiger partial charge is 0.454 e. The van der Waals surface area contributed by atoms with Crippen LogP contribution in [0.4, 0.5) is 17.1 Å². The van der Waals surface area contributed by atoms with Crippen LogP contribution in [0.15, 0.2) is 144 Å². The quantitative estimate of drug-likeness (QED) is 0.259. The van der Waals surface area contributed by atoms with Crippen LogP contribution < -0.4 is 4.90 Å². The van der Waals surface area contributed by atoms with Crippen molar-refractivity contribution in [2.45, 2.75) is 0 Å². The summed E-state index contributed by atoms with van der Waals surface area (Å²) in [5.74, 6) is 0. The van der Waals surface area contributed by atoms with Crippen molar-refractivity contribution in [1.29, 1.82) is 0 Å². The molecule has 0 fully saturated rings. The fourth-order valence-electron chi connectivity index (χ4n) is 5.14. The van der Waals surface area contributed by atoms with Gasteiger partial charge >= 0.3 is 0 Å². The lowest BCUT2D eigenvalue weighted by atomic mass is 9.98. The number of furan rings is 1. The van der Waals surface area contributed by atoms with E-state index < -0.39 is 0 Å². The van der Waals surface area contributed by atoms with E-state index >= 15 is 0 Å². The van der Waals surface area contributed by atoms with Gasteiger partial charge in [0.2, 0.25) is 0 Å². The zero-order chi connectivity index (χ0) is 23.9. The molecular formula is C34H23NO. The van der Waals surface area contributed by atoms with Crippen molar-refractivity contribution >= 4 is 49.8 Å². The maximum atomic E-state index is 6.74. The number of rotatable bonds is 4. The molecular weight excluding hydrogens is 438 g/mol. The van der Waals surface area contributed by atoms with Crippen LogP contribution in [-0.2, 0) is 0 Å². The third-order valence-corrected chi connectivity index (χ3v) is 6.82. The maximum Gasteiger partial charge on any atom is 0.160 e. The smallest absolute Gasteiger partial charge is 0.160 e. The molecule has 0 radical (unpaired) electrons. The van der Waals surface area contributed by atoms with Crippen molar-refractivity contribution in [2.24, 2.45) is 0 Å². The molecule has 7 aromatic rings. The molecule has 6 aromatic carbocycles.